The van der Waals surface area contributed by atoms with Crippen molar-refractivity contribution in [1.82, 2.24) is 9.78 Å². The summed E-state index contributed by atoms with van der Waals surface area (Å²) in [7, 11) is 0. The minimum atomic E-state index is -1.74. The van der Waals surface area contributed by atoms with Crippen LogP contribution in [0.3, 0.4) is 0 Å². The summed E-state index contributed by atoms with van der Waals surface area (Å²) in [6.07, 6.45) is 2.32. The monoisotopic (exact) mass is 467 g/mol. The van der Waals surface area contributed by atoms with E-state index in [1.807, 2.05) is 5.32 Å². The van der Waals surface area contributed by atoms with Crippen molar-refractivity contribution >= 4 is 35.2 Å². The van der Waals surface area contributed by atoms with E-state index in [9.17, 15) is 27.2 Å². The number of benzene rings is 2. The van der Waals surface area contributed by atoms with Gasteiger partial charge in [0.1, 0.15) is 11.0 Å². The third-order valence-electron chi connectivity index (χ3n) is 4.16. The van der Waals surface area contributed by atoms with Gasteiger partial charge in [-0.3, -0.25) is 4.79 Å². The van der Waals surface area contributed by atoms with Crippen LogP contribution in [0, 0.1) is 30.2 Å². The van der Waals surface area contributed by atoms with Gasteiger partial charge in [0.15, 0.2) is 24.1 Å². The van der Waals surface area contributed by atoms with Crippen molar-refractivity contribution in [3.63, 3.8) is 0 Å². The molecule has 0 aliphatic carbocycles. The Hall–Kier alpha value is -3.66. The number of carbonyl (C=O) groups excluding carboxylic acids is 2. The van der Waals surface area contributed by atoms with Crippen LogP contribution in [0.1, 0.15) is 11.3 Å². The molecule has 0 bridgehead atoms. The second kappa shape index (κ2) is 9.65. The van der Waals surface area contributed by atoms with Gasteiger partial charge in [0, 0.05) is 11.6 Å². The van der Waals surface area contributed by atoms with E-state index in [0.717, 1.165) is 12.1 Å². The molecule has 0 aliphatic heterocycles. The van der Waals surface area contributed by atoms with Gasteiger partial charge in [0.2, 0.25) is 0 Å². The molecule has 0 radical (unpaired) electrons. The molecule has 0 saturated heterocycles. The van der Waals surface area contributed by atoms with Crippen molar-refractivity contribution in [2.75, 3.05) is 11.9 Å². The predicted octanol–water partition coefficient (Wildman–Crippen LogP) is 4.59. The number of hydrogen-bond acceptors (Lipinski definition) is 4. The second-order valence-corrected chi connectivity index (χ2v) is 6.75. The number of rotatable bonds is 6. The number of aryl methyl sites for hydroxylation is 1. The number of hydrogen-bond donors (Lipinski definition) is 1. The van der Waals surface area contributed by atoms with Crippen LogP contribution in [0.15, 0.2) is 42.5 Å². The Balaban J connectivity index is 1.62. The summed E-state index contributed by atoms with van der Waals surface area (Å²) in [4.78, 5) is 23.7. The molecule has 1 N–H and O–H groups in total. The van der Waals surface area contributed by atoms with Gasteiger partial charge in [-0.2, -0.15) is 5.10 Å². The first-order valence-corrected chi connectivity index (χ1v) is 9.34. The molecule has 11 heteroatoms. The highest BCUT2D eigenvalue weighted by atomic mass is 35.5. The number of nitrogens with one attached hydrogen (secondary N) is 1. The molecule has 3 rings (SSSR count). The molecule has 166 valence electrons. The van der Waals surface area contributed by atoms with E-state index in [1.165, 1.54) is 35.0 Å². The van der Waals surface area contributed by atoms with Gasteiger partial charge >= 0.3 is 5.97 Å². The lowest BCUT2D eigenvalue weighted by Crippen LogP contribution is -2.21. The van der Waals surface area contributed by atoms with Gasteiger partial charge in [-0.25, -0.2) is 27.0 Å². The fourth-order valence-electron chi connectivity index (χ4n) is 2.60. The normalized spacial score (nSPS) is 11.1. The highest BCUT2D eigenvalue weighted by molar-refractivity contribution is 6.31. The van der Waals surface area contributed by atoms with E-state index in [1.54, 1.807) is 6.92 Å². The minimum absolute atomic E-state index is 0.157. The van der Waals surface area contributed by atoms with Crippen LogP contribution in [-0.4, -0.2) is 28.3 Å². The maximum atomic E-state index is 13.6. The number of amides is 1. The van der Waals surface area contributed by atoms with Gasteiger partial charge in [0.25, 0.3) is 5.91 Å². The van der Waals surface area contributed by atoms with E-state index in [2.05, 4.69) is 5.10 Å². The highest BCUT2D eigenvalue weighted by Crippen LogP contribution is 2.25. The zero-order valence-electron chi connectivity index (χ0n) is 16.3. The van der Waals surface area contributed by atoms with Crippen molar-refractivity contribution in [3.05, 3.63) is 82.2 Å². The Kier molecular flexibility index (Phi) is 6.94. The molecule has 0 aliphatic rings. The molecule has 1 amide bonds. The van der Waals surface area contributed by atoms with Crippen molar-refractivity contribution in [1.29, 1.82) is 0 Å². The third kappa shape index (κ3) is 5.14. The van der Waals surface area contributed by atoms with E-state index < -0.39 is 47.4 Å². The number of halogens is 5. The van der Waals surface area contributed by atoms with Crippen LogP contribution < -0.4 is 5.32 Å². The largest absolute Gasteiger partial charge is 0.452 e. The molecular formula is C21H14ClF4N3O3. The maximum Gasteiger partial charge on any atom is 0.331 e. The van der Waals surface area contributed by atoms with Gasteiger partial charge in [-0.05, 0) is 49.4 Å². The average molecular weight is 468 g/mol. The van der Waals surface area contributed by atoms with E-state index in [4.69, 9.17) is 16.3 Å². The lowest BCUT2D eigenvalue weighted by Gasteiger charge is -2.07. The molecule has 0 unspecified atom stereocenters. The molecule has 0 fully saturated rings. The van der Waals surface area contributed by atoms with E-state index in [-0.39, 0.29) is 5.15 Å². The number of nitrogens with zero attached hydrogens (tertiary/aromatic N) is 2. The third-order valence-corrected chi connectivity index (χ3v) is 4.52. The zero-order valence-corrected chi connectivity index (χ0v) is 17.1. The molecule has 0 atom stereocenters. The first-order valence-electron chi connectivity index (χ1n) is 8.96. The first kappa shape index (κ1) is 23.0. The van der Waals surface area contributed by atoms with E-state index in [0.29, 0.717) is 23.0 Å². The standard InChI is InChI=1S/C21H14ClF4N3O3/c1-11-14(21(22)29(28-11)13-4-2-12(23)3-5-13)6-9-18(31)32-10-17(30)27-16-8-7-15(24)19(25)20(16)26/h2-9H,10H2,1H3,(H,27,30). The van der Waals surface area contributed by atoms with Crippen molar-refractivity contribution < 1.29 is 31.9 Å². The summed E-state index contributed by atoms with van der Waals surface area (Å²) in [6, 6.07) is 6.91. The predicted molar refractivity (Wildman–Crippen MR) is 108 cm³/mol. The lowest BCUT2D eigenvalue weighted by atomic mass is 10.2. The SMILES string of the molecule is Cc1nn(-c2ccc(F)cc2)c(Cl)c1C=CC(=O)OCC(=O)Nc1ccc(F)c(F)c1F. The van der Waals surface area contributed by atoms with Crippen LogP contribution >= 0.6 is 11.6 Å². The summed E-state index contributed by atoms with van der Waals surface area (Å²) in [5, 5.41) is 6.36. The molecule has 0 spiro atoms. The maximum absolute atomic E-state index is 13.6. The van der Waals surface area contributed by atoms with E-state index >= 15 is 0 Å². The van der Waals surface area contributed by atoms with Gasteiger partial charge in [-0.1, -0.05) is 11.6 Å². The number of carbonyl (C=O) groups is 2. The summed E-state index contributed by atoms with van der Waals surface area (Å²) in [6.45, 7) is 0.837. The van der Waals surface area contributed by atoms with Gasteiger partial charge in [0.05, 0.1) is 17.1 Å². The van der Waals surface area contributed by atoms with Crippen molar-refractivity contribution in [3.8, 4) is 5.69 Å². The molecule has 1 aromatic heterocycles. The topological polar surface area (TPSA) is 73.2 Å². The number of ether oxygens (including phenoxy) is 1. The molecule has 3 aromatic rings. The molecule has 1 heterocycles. The number of esters is 1. The summed E-state index contributed by atoms with van der Waals surface area (Å²) in [5.74, 6) is -7.03. The summed E-state index contributed by atoms with van der Waals surface area (Å²) >= 11 is 6.29. The quantitative estimate of drug-likeness (QED) is 0.249. The van der Waals surface area contributed by atoms with Crippen LogP contribution in [0.2, 0.25) is 5.15 Å². The van der Waals surface area contributed by atoms with Crippen LogP contribution in [0.25, 0.3) is 11.8 Å². The molecule has 2 aromatic carbocycles. The minimum Gasteiger partial charge on any atom is -0.452 e. The summed E-state index contributed by atoms with van der Waals surface area (Å²) in [5.41, 5.74) is 0.759. The van der Waals surface area contributed by atoms with Crippen LogP contribution in [0.5, 0.6) is 0 Å². The van der Waals surface area contributed by atoms with Gasteiger partial charge < -0.3 is 10.1 Å². The fraction of sp³-hybridized carbons (Fsp3) is 0.0952. The smallest absolute Gasteiger partial charge is 0.331 e. The zero-order chi connectivity index (χ0) is 23.4. The van der Waals surface area contributed by atoms with Crippen LogP contribution in [-0.2, 0) is 14.3 Å². The Bertz CT molecular complexity index is 1210. The molecule has 32 heavy (non-hydrogen) atoms. The molecule has 0 saturated carbocycles. The molecule has 6 nitrogen and oxygen atoms in total. The number of aromatic nitrogens is 2. The fourth-order valence-corrected chi connectivity index (χ4v) is 2.93. The first-order chi connectivity index (χ1) is 15.2. The Morgan fingerprint density at radius 3 is 2.47 bits per heavy atom. The van der Waals surface area contributed by atoms with Crippen molar-refractivity contribution in [2.45, 2.75) is 6.92 Å². The summed E-state index contributed by atoms with van der Waals surface area (Å²) < 4.78 is 58.8. The average Bonchev–Trinajstić information content (AvgIpc) is 3.05. The van der Waals surface area contributed by atoms with Crippen molar-refractivity contribution in [2.24, 2.45) is 0 Å². The highest BCUT2D eigenvalue weighted by Gasteiger charge is 2.16. The van der Waals surface area contributed by atoms with Gasteiger partial charge in [-0.15, -0.1) is 0 Å². The lowest BCUT2D eigenvalue weighted by molar-refractivity contribution is -0.142. The Morgan fingerprint density at radius 1 is 1.09 bits per heavy atom. The number of anilines is 1. The van der Waals surface area contributed by atoms with Crippen LogP contribution in [0.4, 0.5) is 23.2 Å². The Morgan fingerprint density at radius 2 is 1.78 bits per heavy atom. The Labute approximate surface area is 184 Å². The second-order valence-electron chi connectivity index (χ2n) is 6.39. The molecular weight excluding hydrogens is 454 g/mol.